The lowest BCUT2D eigenvalue weighted by Crippen LogP contribution is -2.29. The maximum Gasteiger partial charge on any atom is 0.174 e. The molecule has 4 aromatic rings. The number of benzene rings is 2. The van der Waals surface area contributed by atoms with Crippen LogP contribution in [0.3, 0.4) is 0 Å². The molecule has 0 saturated carbocycles. The predicted octanol–water partition coefficient (Wildman–Crippen LogP) is 6.68. The summed E-state index contributed by atoms with van der Waals surface area (Å²) in [6.07, 6.45) is 1.79. The van der Waals surface area contributed by atoms with E-state index in [0.717, 1.165) is 34.0 Å². The fourth-order valence-electron chi connectivity index (χ4n) is 4.68. The summed E-state index contributed by atoms with van der Waals surface area (Å²) in [5.74, 6) is 0.204. The second kappa shape index (κ2) is 8.95. The number of thiocarbonyl (C=S) groups is 1. The molecule has 1 fully saturated rings. The van der Waals surface area contributed by atoms with Crippen molar-refractivity contribution in [2.75, 3.05) is 4.90 Å². The number of aromatic hydroxyl groups is 1. The van der Waals surface area contributed by atoms with E-state index in [-0.39, 0.29) is 17.8 Å². The molecule has 0 bridgehead atoms. The number of aromatic nitrogens is 2. The van der Waals surface area contributed by atoms with Crippen molar-refractivity contribution in [2.45, 2.75) is 25.9 Å². The standard InChI is InChI=1S/C26H22Cl2N4OS/c1-15-13-20(16(2)31(15)23-11-6-17(27)14-21(23)28)25-24(22-5-3-4-12-29-22)30-26(34)32(25)18-7-9-19(33)10-8-18/h3-14,24-25,33H,1-2H3,(H,30,34)/t24-,25-/m1/s1. The predicted molar refractivity (Wildman–Crippen MR) is 141 cm³/mol. The summed E-state index contributed by atoms with van der Waals surface area (Å²) < 4.78 is 2.14. The summed E-state index contributed by atoms with van der Waals surface area (Å²) in [4.78, 5) is 6.71. The lowest BCUT2D eigenvalue weighted by atomic mass is 9.96. The third-order valence-corrected chi connectivity index (χ3v) is 7.02. The number of pyridine rings is 1. The average Bonchev–Trinajstić information content (AvgIpc) is 3.31. The third kappa shape index (κ3) is 3.92. The molecule has 0 radical (unpaired) electrons. The molecular weight excluding hydrogens is 487 g/mol. The smallest absolute Gasteiger partial charge is 0.174 e. The van der Waals surface area contributed by atoms with Crippen LogP contribution in [0, 0.1) is 13.8 Å². The summed E-state index contributed by atoms with van der Waals surface area (Å²) in [5.41, 5.74) is 5.83. The molecule has 5 rings (SSSR count). The number of nitrogens with one attached hydrogen (secondary N) is 1. The number of halogens is 2. The Morgan fingerprint density at radius 1 is 1.00 bits per heavy atom. The van der Waals surface area contributed by atoms with Gasteiger partial charge < -0.3 is 19.9 Å². The van der Waals surface area contributed by atoms with Crippen molar-refractivity contribution in [3.8, 4) is 11.4 Å². The number of phenolic OH excluding ortho intramolecular Hbond substituents is 1. The molecule has 172 valence electrons. The molecule has 34 heavy (non-hydrogen) atoms. The first-order valence-corrected chi connectivity index (χ1v) is 12.0. The minimum absolute atomic E-state index is 0.169. The van der Waals surface area contributed by atoms with Crippen LogP contribution in [0.2, 0.25) is 10.0 Å². The zero-order valence-corrected chi connectivity index (χ0v) is 20.9. The molecule has 2 aromatic heterocycles. The van der Waals surface area contributed by atoms with Crippen LogP contribution in [-0.2, 0) is 0 Å². The molecule has 5 nitrogen and oxygen atoms in total. The lowest BCUT2D eigenvalue weighted by molar-refractivity contribution is 0.475. The summed E-state index contributed by atoms with van der Waals surface area (Å²) in [6.45, 7) is 4.14. The lowest BCUT2D eigenvalue weighted by Gasteiger charge is -2.28. The van der Waals surface area contributed by atoms with Gasteiger partial charge in [-0.1, -0.05) is 29.3 Å². The number of nitrogens with zero attached hydrogens (tertiary/aromatic N) is 3. The topological polar surface area (TPSA) is 53.3 Å². The van der Waals surface area contributed by atoms with Gasteiger partial charge in [0.25, 0.3) is 0 Å². The van der Waals surface area contributed by atoms with Crippen LogP contribution < -0.4 is 10.2 Å². The van der Waals surface area contributed by atoms with Crippen molar-refractivity contribution in [2.24, 2.45) is 0 Å². The molecule has 8 heteroatoms. The first-order chi connectivity index (χ1) is 16.3. The second-order valence-corrected chi connectivity index (χ2v) is 9.50. The molecular formula is C26H22Cl2N4OS. The molecule has 1 saturated heterocycles. The van der Waals surface area contributed by atoms with Crippen LogP contribution in [0.4, 0.5) is 5.69 Å². The summed E-state index contributed by atoms with van der Waals surface area (Å²) in [7, 11) is 0. The molecule has 0 unspecified atom stereocenters. The highest BCUT2D eigenvalue weighted by molar-refractivity contribution is 7.80. The molecule has 2 aromatic carbocycles. The van der Waals surface area contributed by atoms with Gasteiger partial charge in [0.2, 0.25) is 0 Å². The van der Waals surface area contributed by atoms with Crippen LogP contribution in [0.5, 0.6) is 5.75 Å². The van der Waals surface area contributed by atoms with E-state index < -0.39 is 0 Å². The number of aryl methyl sites for hydroxylation is 1. The average molecular weight is 509 g/mol. The zero-order chi connectivity index (χ0) is 24.0. The Balaban J connectivity index is 1.69. The van der Waals surface area contributed by atoms with Crippen LogP contribution in [0.25, 0.3) is 5.69 Å². The largest absolute Gasteiger partial charge is 0.508 e. The van der Waals surface area contributed by atoms with Gasteiger partial charge >= 0.3 is 0 Å². The van der Waals surface area contributed by atoms with Gasteiger partial charge in [0.05, 0.1) is 28.5 Å². The SMILES string of the molecule is Cc1cc([C@@H]2[C@@H](c3ccccn3)NC(=S)N2c2ccc(O)cc2)c(C)n1-c1ccc(Cl)cc1Cl. The molecule has 2 N–H and O–H groups in total. The highest BCUT2D eigenvalue weighted by Gasteiger charge is 2.42. The van der Waals surface area contributed by atoms with Gasteiger partial charge in [-0.3, -0.25) is 4.98 Å². The van der Waals surface area contributed by atoms with E-state index in [1.807, 2.05) is 42.5 Å². The van der Waals surface area contributed by atoms with Crippen molar-refractivity contribution in [1.82, 2.24) is 14.9 Å². The molecule has 0 spiro atoms. The number of phenols is 1. The van der Waals surface area contributed by atoms with Gasteiger partial charge in [-0.2, -0.15) is 0 Å². The Morgan fingerprint density at radius 2 is 1.76 bits per heavy atom. The number of rotatable bonds is 4. The van der Waals surface area contributed by atoms with Crippen LogP contribution in [0.15, 0.2) is 72.9 Å². The van der Waals surface area contributed by atoms with Crippen molar-refractivity contribution < 1.29 is 5.11 Å². The fraction of sp³-hybridized carbons (Fsp3) is 0.154. The van der Waals surface area contributed by atoms with E-state index in [9.17, 15) is 5.11 Å². The van der Waals surface area contributed by atoms with Gasteiger partial charge in [0, 0.05) is 28.3 Å². The summed E-state index contributed by atoms with van der Waals surface area (Å²) in [5, 5.41) is 15.1. The minimum Gasteiger partial charge on any atom is -0.508 e. The highest BCUT2D eigenvalue weighted by Crippen LogP contribution is 2.44. The van der Waals surface area contributed by atoms with Gasteiger partial charge in [-0.25, -0.2) is 0 Å². The van der Waals surface area contributed by atoms with E-state index in [2.05, 4.69) is 39.7 Å². The van der Waals surface area contributed by atoms with Crippen molar-refractivity contribution in [3.63, 3.8) is 0 Å². The first-order valence-electron chi connectivity index (χ1n) is 10.8. The van der Waals surface area contributed by atoms with Gasteiger partial charge in [-0.15, -0.1) is 0 Å². The molecule has 0 amide bonds. The number of anilines is 1. The Hall–Kier alpha value is -3.06. The Kier molecular flexibility index (Phi) is 5.98. The molecule has 2 atom stereocenters. The normalized spacial score (nSPS) is 17.8. The van der Waals surface area contributed by atoms with E-state index in [1.165, 1.54) is 0 Å². The second-order valence-electron chi connectivity index (χ2n) is 8.27. The third-order valence-electron chi connectivity index (χ3n) is 6.17. The summed E-state index contributed by atoms with van der Waals surface area (Å²) >= 11 is 18.5. The molecule has 3 heterocycles. The number of hydrogen-bond donors (Lipinski definition) is 2. The maximum absolute atomic E-state index is 9.83. The fourth-order valence-corrected chi connectivity index (χ4v) is 5.52. The highest BCUT2D eigenvalue weighted by atomic mass is 35.5. The zero-order valence-electron chi connectivity index (χ0n) is 18.5. The Labute approximate surface area is 213 Å². The van der Waals surface area contributed by atoms with Gasteiger partial charge in [0.15, 0.2) is 5.11 Å². The van der Waals surface area contributed by atoms with Gasteiger partial charge in [-0.05, 0) is 92.3 Å². The minimum atomic E-state index is -0.169. The summed E-state index contributed by atoms with van der Waals surface area (Å²) in [6, 6.07) is 20.3. The Bertz CT molecular complexity index is 1370. The van der Waals surface area contributed by atoms with Crippen molar-refractivity contribution in [3.05, 3.63) is 106 Å². The maximum atomic E-state index is 9.83. The van der Waals surface area contributed by atoms with E-state index in [1.54, 1.807) is 24.4 Å². The molecule has 0 aliphatic carbocycles. The number of hydrogen-bond acceptors (Lipinski definition) is 3. The van der Waals surface area contributed by atoms with Crippen molar-refractivity contribution >= 4 is 46.2 Å². The van der Waals surface area contributed by atoms with Gasteiger partial charge in [0.1, 0.15) is 5.75 Å². The van der Waals surface area contributed by atoms with E-state index >= 15 is 0 Å². The molecule has 1 aliphatic heterocycles. The molecule has 1 aliphatic rings. The van der Waals surface area contributed by atoms with Crippen molar-refractivity contribution in [1.29, 1.82) is 0 Å². The Morgan fingerprint density at radius 3 is 2.44 bits per heavy atom. The monoisotopic (exact) mass is 508 g/mol. The van der Waals surface area contributed by atoms with Crippen LogP contribution in [0.1, 0.15) is 34.7 Å². The quantitative estimate of drug-likeness (QED) is 0.301. The van der Waals surface area contributed by atoms with Crippen LogP contribution in [-0.4, -0.2) is 19.8 Å². The van der Waals surface area contributed by atoms with Crippen LogP contribution >= 0.6 is 35.4 Å². The first kappa shape index (κ1) is 22.7. The van der Waals surface area contributed by atoms with E-state index in [4.69, 9.17) is 35.4 Å². The van der Waals surface area contributed by atoms with E-state index in [0.29, 0.717) is 15.2 Å².